The fourth-order valence-corrected chi connectivity index (χ4v) is 1.93. The summed E-state index contributed by atoms with van der Waals surface area (Å²) in [4.78, 5) is 11.0. The number of hydrogen-bond donors (Lipinski definition) is 3. The molecule has 0 aliphatic carbocycles. The van der Waals surface area contributed by atoms with Crippen LogP contribution in [0.15, 0.2) is 12.2 Å². The molecular weight excluding hydrogens is 170 g/mol. The summed E-state index contributed by atoms with van der Waals surface area (Å²) in [6, 6.07) is 0. The van der Waals surface area contributed by atoms with E-state index in [0.717, 1.165) is 12.0 Å². The van der Waals surface area contributed by atoms with Gasteiger partial charge in [0.2, 0.25) is 0 Å². The Morgan fingerprint density at radius 3 is 2.69 bits per heavy atom. The van der Waals surface area contributed by atoms with Crippen LogP contribution in [0.25, 0.3) is 0 Å². The average molecular weight is 185 g/mol. The molecule has 0 aromatic heterocycles. The first-order valence-corrected chi connectivity index (χ1v) is 4.29. The second kappa shape index (κ2) is 3.47. The molecule has 0 spiro atoms. The lowest BCUT2D eigenvalue weighted by atomic mass is 9.82. The van der Waals surface area contributed by atoms with Crippen molar-refractivity contribution < 1.29 is 15.0 Å². The number of aliphatic hydroxyl groups excluding tert-OH is 1. The molecule has 1 aliphatic rings. The second-order valence-electron chi connectivity index (χ2n) is 3.55. The van der Waals surface area contributed by atoms with Gasteiger partial charge in [-0.15, -0.1) is 0 Å². The lowest BCUT2D eigenvalue weighted by molar-refractivity contribution is -0.147. The van der Waals surface area contributed by atoms with Crippen LogP contribution in [0.1, 0.15) is 13.3 Å². The number of aliphatic carboxylic acids is 1. The Bertz CT molecular complexity index is 239. The van der Waals surface area contributed by atoms with Gasteiger partial charge in [0, 0.05) is 5.92 Å². The highest BCUT2D eigenvalue weighted by molar-refractivity contribution is 5.80. The van der Waals surface area contributed by atoms with Crippen LogP contribution in [0.4, 0.5) is 0 Å². The summed E-state index contributed by atoms with van der Waals surface area (Å²) in [6.07, 6.45) is 0.724. The Balaban J connectivity index is 2.96. The van der Waals surface area contributed by atoms with Gasteiger partial charge in [-0.05, 0) is 19.9 Å². The maximum atomic E-state index is 11.0. The number of rotatable bonds is 3. The van der Waals surface area contributed by atoms with E-state index in [9.17, 15) is 4.79 Å². The zero-order valence-electron chi connectivity index (χ0n) is 7.71. The highest BCUT2D eigenvalue weighted by Crippen LogP contribution is 2.31. The molecule has 4 nitrogen and oxygen atoms in total. The molecule has 0 bridgehead atoms. The Hall–Kier alpha value is -0.870. The van der Waals surface area contributed by atoms with Crippen LogP contribution < -0.4 is 5.32 Å². The minimum atomic E-state index is -1.20. The lowest BCUT2D eigenvalue weighted by Gasteiger charge is -2.29. The monoisotopic (exact) mass is 185 g/mol. The SMILES string of the molecule is C=C(C)C1CCNC1(CO)C(=O)O. The second-order valence-corrected chi connectivity index (χ2v) is 3.55. The Morgan fingerprint density at radius 2 is 2.38 bits per heavy atom. The number of carboxylic acid groups (broad SMARTS) is 1. The zero-order valence-corrected chi connectivity index (χ0v) is 7.71. The van der Waals surface area contributed by atoms with Crippen molar-refractivity contribution in [3.63, 3.8) is 0 Å². The highest BCUT2D eigenvalue weighted by Gasteiger charge is 2.49. The number of carboxylic acids is 1. The molecule has 2 atom stereocenters. The standard InChI is InChI=1S/C9H15NO3/c1-6(2)7-3-4-10-9(7,5-11)8(12)13/h7,10-11H,1,3-5H2,2H3,(H,12,13). The summed E-state index contributed by atoms with van der Waals surface area (Å²) in [7, 11) is 0. The molecule has 13 heavy (non-hydrogen) atoms. The van der Waals surface area contributed by atoms with Gasteiger partial charge in [0.25, 0.3) is 0 Å². The average Bonchev–Trinajstić information content (AvgIpc) is 2.48. The summed E-state index contributed by atoms with van der Waals surface area (Å²) in [5.74, 6) is -1.17. The molecule has 1 rings (SSSR count). The molecule has 3 N–H and O–H groups in total. The quantitative estimate of drug-likeness (QED) is 0.541. The molecule has 1 aliphatic heterocycles. The van der Waals surface area contributed by atoms with E-state index in [1.165, 1.54) is 0 Å². The molecule has 0 aromatic rings. The summed E-state index contributed by atoms with van der Waals surface area (Å²) in [5, 5.41) is 21.0. The Labute approximate surface area is 77.3 Å². The largest absolute Gasteiger partial charge is 0.480 e. The van der Waals surface area contributed by atoms with E-state index in [1.807, 2.05) is 0 Å². The molecule has 1 heterocycles. The minimum absolute atomic E-state index is 0.171. The fourth-order valence-electron chi connectivity index (χ4n) is 1.93. The van der Waals surface area contributed by atoms with Crippen molar-refractivity contribution in [2.24, 2.45) is 5.92 Å². The summed E-state index contributed by atoms with van der Waals surface area (Å²) in [6.45, 7) is 5.77. The minimum Gasteiger partial charge on any atom is -0.480 e. The van der Waals surface area contributed by atoms with E-state index in [4.69, 9.17) is 10.2 Å². The van der Waals surface area contributed by atoms with Gasteiger partial charge in [0.15, 0.2) is 0 Å². The van der Waals surface area contributed by atoms with Crippen LogP contribution in [-0.4, -0.2) is 34.9 Å². The molecule has 4 heteroatoms. The molecule has 0 amide bonds. The molecule has 0 saturated carbocycles. The summed E-state index contributed by atoms with van der Waals surface area (Å²) >= 11 is 0. The van der Waals surface area contributed by atoms with Crippen molar-refractivity contribution in [1.29, 1.82) is 0 Å². The molecule has 0 radical (unpaired) electrons. The number of aliphatic hydroxyl groups is 1. The highest BCUT2D eigenvalue weighted by atomic mass is 16.4. The lowest BCUT2D eigenvalue weighted by Crippen LogP contribution is -2.55. The predicted octanol–water partition coefficient (Wildman–Crippen LogP) is -0.0123. The van der Waals surface area contributed by atoms with Crippen molar-refractivity contribution in [1.82, 2.24) is 5.32 Å². The molecule has 74 valence electrons. The number of carbonyl (C=O) groups is 1. The molecular formula is C9H15NO3. The normalized spacial score (nSPS) is 33.2. The zero-order chi connectivity index (χ0) is 10.1. The van der Waals surface area contributed by atoms with Crippen LogP contribution in [0.2, 0.25) is 0 Å². The van der Waals surface area contributed by atoms with Crippen molar-refractivity contribution in [3.8, 4) is 0 Å². The topological polar surface area (TPSA) is 69.6 Å². The van der Waals surface area contributed by atoms with Crippen molar-refractivity contribution in [2.75, 3.05) is 13.2 Å². The van der Waals surface area contributed by atoms with Gasteiger partial charge in [-0.25, -0.2) is 0 Å². The first-order valence-electron chi connectivity index (χ1n) is 4.29. The first kappa shape index (κ1) is 10.2. The van der Waals surface area contributed by atoms with Gasteiger partial charge < -0.3 is 10.2 Å². The molecule has 0 aromatic carbocycles. The Kier molecular flexibility index (Phi) is 2.73. The maximum Gasteiger partial charge on any atom is 0.326 e. The summed E-state index contributed by atoms with van der Waals surface area (Å²) < 4.78 is 0. The van der Waals surface area contributed by atoms with Gasteiger partial charge in [-0.3, -0.25) is 10.1 Å². The summed E-state index contributed by atoms with van der Waals surface area (Å²) in [5.41, 5.74) is -0.396. The molecule has 2 unspecified atom stereocenters. The van der Waals surface area contributed by atoms with E-state index in [1.54, 1.807) is 6.92 Å². The van der Waals surface area contributed by atoms with Gasteiger partial charge in [0.05, 0.1) is 6.61 Å². The van der Waals surface area contributed by atoms with E-state index in [-0.39, 0.29) is 12.5 Å². The molecule has 1 saturated heterocycles. The van der Waals surface area contributed by atoms with Gasteiger partial charge >= 0.3 is 5.97 Å². The maximum absolute atomic E-state index is 11.0. The first-order chi connectivity index (χ1) is 6.04. The van der Waals surface area contributed by atoms with Crippen LogP contribution in [0, 0.1) is 5.92 Å². The number of hydrogen-bond acceptors (Lipinski definition) is 3. The Morgan fingerprint density at radius 1 is 1.77 bits per heavy atom. The van der Waals surface area contributed by atoms with E-state index in [2.05, 4.69) is 11.9 Å². The van der Waals surface area contributed by atoms with Crippen LogP contribution >= 0.6 is 0 Å². The third kappa shape index (κ3) is 1.47. The van der Waals surface area contributed by atoms with Crippen LogP contribution in [0.5, 0.6) is 0 Å². The smallest absolute Gasteiger partial charge is 0.326 e. The van der Waals surface area contributed by atoms with Gasteiger partial charge in [0.1, 0.15) is 5.54 Å². The van der Waals surface area contributed by atoms with Gasteiger partial charge in [-0.1, -0.05) is 12.2 Å². The van der Waals surface area contributed by atoms with E-state index in [0.29, 0.717) is 6.54 Å². The van der Waals surface area contributed by atoms with Crippen molar-refractivity contribution in [2.45, 2.75) is 18.9 Å². The predicted molar refractivity (Wildman–Crippen MR) is 48.4 cm³/mol. The van der Waals surface area contributed by atoms with Crippen molar-refractivity contribution in [3.05, 3.63) is 12.2 Å². The third-order valence-corrected chi connectivity index (χ3v) is 2.69. The van der Waals surface area contributed by atoms with Crippen LogP contribution in [0.3, 0.4) is 0 Å². The molecule has 1 fully saturated rings. The van der Waals surface area contributed by atoms with E-state index < -0.39 is 11.5 Å². The third-order valence-electron chi connectivity index (χ3n) is 2.69. The van der Waals surface area contributed by atoms with Crippen molar-refractivity contribution >= 4 is 5.97 Å². The fraction of sp³-hybridized carbons (Fsp3) is 0.667. The van der Waals surface area contributed by atoms with E-state index >= 15 is 0 Å². The van der Waals surface area contributed by atoms with Crippen LogP contribution in [-0.2, 0) is 4.79 Å². The van der Waals surface area contributed by atoms with Gasteiger partial charge in [-0.2, -0.15) is 0 Å². The number of nitrogens with one attached hydrogen (secondary N) is 1.